The van der Waals surface area contributed by atoms with Gasteiger partial charge in [0.2, 0.25) is 0 Å². The van der Waals surface area contributed by atoms with Crippen LogP contribution in [0.4, 0.5) is 8.78 Å². The maximum Gasteiger partial charge on any atom is 0.159 e. The summed E-state index contributed by atoms with van der Waals surface area (Å²) in [6.45, 7) is 0.357. The molecule has 4 heteroatoms. The topological polar surface area (TPSA) is 35.2 Å². The number of rotatable bonds is 4. The molecule has 0 bridgehead atoms. The molecule has 1 aromatic rings. The molecule has 0 radical (unpaired) electrons. The fourth-order valence-corrected chi connectivity index (χ4v) is 1.62. The highest BCUT2D eigenvalue weighted by Crippen LogP contribution is 2.23. The SMILES string of the molecule is NC(COC1CCC1)c1ccc(F)c(F)c1. The molecule has 0 aliphatic heterocycles. The van der Waals surface area contributed by atoms with E-state index in [1.165, 1.54) is 12.5 Å². The molecule has 16 heavy (non-hydrogen) atoms. The van der Waals surface area contributed by atoms with Gasteiger partial charge in [0.25, 0.3) is 0 Å². The normalized spacial score (nSPS) is 18.2. The summed E-state index contributed by atoms with van der Waals surface area (Å²) in [4.78, 5) is 0. The van der Waals surface area contributed by atoms with Crippen molar-refractivity contribution in [3.63, 3.8) is 0 Å². The average molecular weight is 227 g/mol. The van der Waals surface area contributed by atoms with Crippen molar-refractivity contribution in [1.82, 2.24) is 0 Å². The summed E-state index contributed by atoms with van der Waals surface area (Å²) >= 11 is 0. The standard InChI is InChI=1S/C12H15F2NO/c13-10-5-4-8(6-11(10)14)12(15)7-16-9-2-1-3-9/h4-6,9,12H,1-3,7,15H2. The van der Waals surface area contributed by atoms with Crippen molar-refractivity contribution in [2.75, 3.05) is 6.61 Å². The molecule has 1 aliphatic rings. The summed E-state index contributed by atoms with van der Waals surface area (Å²) in [6.07, 6.45) is 3.65. The van der Waals surface area contributed by atoms with Crippen LogP contribution in [0.1, 0.15) is 30.9 Å². The first-order valence-electron chi connectivity index (χ1n) is 5.49. The molecule has 0 spiro atoms. The van der Waals surface area contributed by atoms with Crippen molar-refractivity contribution in [2.24, 2.45) is 5.73 Å². The lowest BCUT2D eigenvalue weighted by atomic mass is 9.96. The highest BCUT2D eigenvalue weighted by atomic mass is 19.2. The molecule has 0 heterocycles. The third-order valence-corrected chi connectivity index (χ3v) is 2.94. The minimum absolute atomic E-state index is 0.302. The van der Waals surface area contributed by atoms with Crippen LogP contribution < -0.4 is 5.73 Å². The highest BCUT2D eigenvalue weighted by molar-refractivity contribution is 5.21. The zero-order valence-corrected chi connectivity index (χ0v) is 8.96. The van der Waals surface area contributed by atoms with Gasteiger partial charge in [-0.15, -0.1) is 0 Å². The molecule has 1 aliphatic carbocycles. The molecule has 0 aromatic heterocycles. The Morgan fingerprint density at radius 3 is 2.62 bits per heavy atom. The quantitative estimate of drug-likeness (QED) is 0.857. The zero-order valence-electron chi connectivity index (χ0n) is 8.96. The van der Waals surface area contributed by atoms with E-state index in [2.05, 4.69) is 0 Å². The molecule has 88 valence electrons. The first kappa shape index (κ1) is 11.5. The van der Waals surface area contributed by atoms with E-state index in [4.69, 9.17) is 10.5 Å². The van der Waals surface area contributed by atoms with Crippen LogP contribution in [0.15, 0.2) is 18.2 Å². The van der Waals surface area contributed by atoms with Crippen LogP contribution in [0.2, 0.25) is 0 Å². The van der Waals surface area contributed by atoms with Gasteiger partial charge in [0.1, 0.15) is 0 Å². The van der Waals surface area contributed by atoms with Crippen LogP contribution in [0.5, 0.6) is 0 Å². The maximum absolute atomic E-state index is 12.9. The Morgan fingerprint density at radius 2 is 2.06 bits per heavy atom. The van der Waals surface area contributed by atoms with Gasteiger partial charge in [-0.3, -0.25) is 0 Å². The van der Waals surface area contributed by atoms with Gasteiger partial charge in [-0.1, -0.05) is 6.07 Å². The predicted molar refractivity (Wildman–Crippen MR) is 56.9 cm³/mol. The highest BCUT2D eigenvalue weighted by Gasteiger charge is 2.19. The van der Waals surface area contributed by atoms with E-state index in [0.717, 1.165) is 25.0 Å². The van der Waals surface area contributed by atoms with Gasteiger partial charge in [-0.05, 0) is 37.0 Å². The Morgan fingerprint density at radius 1 is 1.31 bits per heavy atom. The van der Waals surface area contributed by atoms with E-state index < -0.39 is 17.7 Å². The Balaban J connectivity index is 1.91. The van der Waals surface area contributed by atoms with Gasteiger partial charge in [-0.2, -0.15) is 0 Å². The fourth-order valence-electron chi connectivity index (χ4n) is 1.62. The van der Waals surface area contributed by atoms with Crippen molar-refractivity contribution in [3.05, 3.63) is 35.4 Å². The monoisotopic (exact) mass is 227 g/mol. The van der Waals surface area contributed by atoms with Gasteiger partial charge >= 0.3 is 0 Å². The molecule has 2 rings (SSSR count). The van der Waals surface area contributed by atoms with Crippen molar-refractivity contribution < 1.29 is 13.5 Å². The first-order chi connectivity index (χ1) is 7.66. The molecule has 1 atom stereocenters. The molecule has 2 N–H and O–H groups in total. The summed E-state index contributed by atoms with van der Waals surface area (Å²) < 4.78 is 31.2. The Bertz CT molecular complexity index is 366. The average Bonchev–Trinajstić information content (AvgIpc) is 2.19. The summed E-state index contributed by atoms with van der Waals surface area (Å²) in [7, 11) is 0. The van der Waals surface area contributed by atoms with E-state index in [1.807, 2.05) is 0 Å². The van der Waals surface area contributed by atoms with Crippen LogP contribution in [0, 0.1) is 11.6 Å². The molecular weight excluding hydrogens is 212 g/mol. The van der Waals surface area contributed by atoms with E-state index >= 15 is 0 Å². The second-order valence-electron chi connectivity index (χ2n) is 4.17. The molecular formula is C12H15F2NO. The van der Waals surface area contributed by atoms with Crippen LogP contribution in [-0.4, -0.2) is 12.7 Å². The third kappa shape index (κ3) is 2.57. The summed E-state index contributed by atoms with van der Waals surface area (Å²) in [5.74, 6) is -1.72. The zero-order chi connectivity index (χ0) is 11.5. The van der Waals surface area contributed by atoms with Gasteiger partial charge in [0, 0.05) is 0 Å². The van der Waals surface area contributed by atoms with Gasteiger partial charge < -0.3 is 10.5 Å². The fraction of sp³-hybridized carbons (Fsp3) is 0.500. The van der Waals surface area contributed by atoms with Crippen LogP contribution in [-0.2, 0) is 4.74 Å². The Labute approximate surface area is 93.4 Å². The summed E-state index contributed by atoms with van der Waals surface area (Å²) in [5, 5.41) is 0. The van der Waals surface area contributed by atoms with E-state index in [9.17, 15) is 8.78 Å². The van der Waals surface area contributed by atoms with Crippen molar-refractivity contribution in [1.29, 1.82) is 0 Å². The van der Waals surface area contributed by atoms with Gasteiger partial charge in [-0.25, -0.2) is 8.78 Å². The minimum atomic E-state index is -0.864. The smallest absolute Gasteiger partial charge is 0.159 e. The number of hydrogen-bond donors (Lipinski definition) is 1. The van der Waals surface area contributed by atoms with Gasteiger partial charge in [0.05, 0.1) is 18.8 Å². The molecule has 1 unspecified atom stereocenters. The molecule has 2 nitrogen and oxygen atoms in total. The lowest BCUT2D eigenvalue weighted by Gasteiger charge is -2.27. The van der Waals surface area contributed by atoms with Gasteiger partial charge in [0.15, 0.2) is 11.6 Å². The second-order valence-corrected chi connectivity index (χ2v) is 4.17. The summed E-state index contributed by atoms with van der Waals surface area (Å²) in [5.41, 5.74) is 6.39. The Hall–Kier alpha value is -1.00. The number of hydrogen-bond acceptors (Lipinski definition) is 2. The molecule has 0 saturated heterocycles. The lowest BCUT2D eigenvalue weighted by molar-refractivity contribution is -0.00448. The summed E-state index contributed by atoms with van der Waals surface area (Å²) in [6, 6.07) is 3.32. The first-order valence-corrected chi connectivity index (χ1v) is 5.49. The lowest BCUT2D eigenvalue weighted by Crippen LogP contribution is -2.26. The van der Waals surface area contributed by atoms with Crippen LogP contribution in [0.3, 0.4) is 0 Å². The number of halogens is 2. The number of ether oxygens (including phenoxy) is 1. The van der Waals surface area contributed by atoms with Crippen LogP contribution in [0.25, 0.3) is 0 Å². The molecule has 0 amide bonds. The van der Waals surface area contributed by atoms with E-state index in [1.54, 1.807) is 0 Å². The third-order valence-electron chi connectivity index (χ3n) is 2.94. The van der Waals surface area contributed by atoms with Crippen LogP contribution >= 0.6 is 0 Å². The second kappa shape index (κ2) is 4.89. The molecule has 1 saturated carbocycles. The van der Waals surface area contributed by atoms with E-state index in [0.29, 0.717) is 18.3 Å². The minimum Gasteiger partial charge on any atom is -0.376 e. The largest absolute Gasteiger partial charge is 0.376 e. The molecule has 1 aromatic carbocycles. The van der Waals surface area contributed by atoms with E-state index in [-0.39, 0.29) is 0 Å². The van der Waals surface area contributed by atoms with Crippen molar-refractivity contribution >= 4 is 0 Å². The predicted octanol–water partition coefficient (Wildman–Crippen LogP) is 2.53. The number of benzene rings is 1. The number of nitrogens with two attached hydrogens (primary N) is 1. The Kier molecular flexibility index (Phi) is 3.51. The molecule has 1 fully saturated rings. The van der Waals surface area contributed by atoms with Crippen molar-refractivity contribution in [2.45, 2.75) is 31.4 Å². The maximum atomic E-state index is 12.9. The van der Waals surface area contributed by atoms with Crippen molar-refractivity contribution in [3.8, 4) is 0 Å².